The van der Waals surface area contributed by atoms with Gasteiger partial charge in [0.15, 0.2) is 0 Å². The Morgan fingerprint density at radius 1 is 1.38 bits per heavy atom. The van der Waals surface area contributed by atoms with E-state index in [1.807, 2.05) is 6.20 Å². The molecule has 2 rings (SSSR count). The summed E-state index contributed by atoms with van der Waals surface area (Å²) >= 11 is 3.70. The Morgan fingerprint density at radius 3 is 2.81 bits per heavy atom. The van der Waals surface area contributed by atoms with Gasteiger partial charge in [0.1, 0.15) is 0 Å². The van der Waals surface area contributed by atoms with E-state index in [0.29, 0.717) is 12.1 Å². The number of nitrogens with zero attached hydrogens (tertiary/aromatic N) is 4. The maximum Gasteiger partial charge on any atom is 0.0712 e. The summed E-state index contributed by atoms with van der Waals surface area (Å²) in [7, 11) is 4.45. The van der Waals surface area contributed by atoms with Crippen LogP contribution in [0.25, 0.3) is 0 Å². The van der Waals surface area contributed by atoms with Crippen molar-refractivity contribution in [2.45, 2.75) is 38.9 Å². The summed E-state index contributed by atoms with van der Waals surface area (Å²) in [4.78, 5) is 4.90. The molecule has 2 unspecified atom stereocenters. The van der Waals surface area contributed by atoms with Gasteiger partial charge in [0.2, 0.25) is 0 Å². The van der Waals surface area contributed by atoms with Crippen LogP contribution in [0.3, 0.4) is 0 Å². The molecule has 5 nitrogen and oxygen atoms in total. The molecule has 2 atom stereocenters. The van der Waals surface area contributed by atoms with Gasteiger partial charge < -0.3 is 10.2 Å². The molecule has 0 bridgehead atoms. The standard InChI is InChI=1S/C15H28BrN5/c1-5-7-17-14(13-11-19(3)8-9-20(13)4)15-12(16)10-18-21(15)6-2/h10,13-14,17H,5-9,11H2,1-4H3. The first-order chi connectivity index (χ1) is 10.1. The molecule has 0 spiro atoms. The highest BCUT2D eigenvalue weighted by molar-refractivity contribution is 9.10. The van der Waals surface area contributed by atoms with Crippen LogP contribution in [0, 0.1) is 0 Å². The van der Waals surface area contributed by atoms with Gasteiger partial charge in [-0.2, -0.15) is 5.10 Å². The van der Waals surface area contributed by atoms with Gasteiger partial charge in [-0.05, 0) is 49.9 Å². The molecule has 0 amide bonds. The van der Waals surface area contributed by atoms with Crippen molar-refractivity contribution in [2.75, 3.05) is 40.3 Å². The summed E-state index contributed by atoms with van der Waals surface area (Å²) in [5, 5.41) is 8.25. The van der Waals surface area contributed by atoms with Crippen molar-refractivity contribution in [1.82, 2.24) is 24.9 Å². The molecule has 2 heterocycles. The number of likely N-dealkylation sites (N-methyl/N-ethyl adjacent to an activating group) is 2. The van der Waals surface area contributed by atoms with Crippen molar-refractivity contribution in [3.63, 3.8) is 0 Å². The fraction of sp³-hybridized carbons (Fsp3) is 0.800. The van der Waals surface area contributed by atoms with E-state index in [2.05, 4.69) is 68.8 Å². The van der Waals surface area contributed by atoms with Crippen LogP contribution in [0.5, 0.6) is 0 Å². The molecule has 1 saturated heterocycles. The Bertz CT molecular complexity index is 447. The maximum absolute atomic E-state index is 4.50. The molecule has 0 aliphatic carbocycles. The molecule has 1 fully saturated rings. The summed E-state index contributed by atoms with van der Waals surface area (Å²) in [6, 6.07) is 0.767. The normalized spacial score (nSPS) is 22.6. The summed E-state index contributed by atoms with van der Waals surface area (Å²) in [6.07, 6.45) is 3.06. The zero-order chi connectivity index (χ0) is 15.4. The van der Waals surface area contributed by atoms with Crippen molar-refractivity contribution >= 4 is 15.9 Å². The van der Waals surface area contributed by atoms with Crippen LogP contribution in [0.4, 0.5) is 0 Å². The van der Waals surface area contributed by atoms with E-state index in [1.54, 1.807) is 0 Å². The third-order valence-corrected chi connectivity index (χ3v) is 4.94. The monoisotopic (exact) mass is 357 g/mol. The Kier molecular flexibility index (Phi) is 6.22. The molecule has 1 N–H and O–H groups in total. The molecule has 6 heteroatoms. The number of aryl methyl sites for hydroxylation is 1. The fourth-order valence-electron chi connectivity index (χ4n) is 3.05. The van der Waals surface area contributed by atoms with E-state index in [4.69, 9.17) is 0 Å². The second kappa shape index (κ2) is 7.72. The maximum atomic E-state index is 4.50. The molecule has 21 heavy (non-hydrogen) atoms. The van der Waals surface area contributed by atoms with Gasteiger partial charge in [-0.25, -0.2) is 0 Å². The van der Waals surface area contributed by atoms with Gasteiger partial charge >= 0.3 is 0 Å². The van der Waals surface area contributed by atoms with E-state index in [0.717, 1.165) is 43.6 Å². The summed E-state index contributed by atoms with van der Waals surface area (Å²) in [5.41, 5.74) is 1.28. The topological polar surface area (TPSA) is 36.3 Å². The van der Waals surface area contributed by atoms with E-state index < -0.39 is 0 Å². The quantitative estimate of drug-likeness (QED) is 0.844. The number of hydrogen-bond donors (Lipinski definition) is 1. The number of aromatic nitrogens is 2. The first-order valence-corrected chi connectivity index (χ1v) is 8.71. The lowest BCUT2D eigenvalue weighted by Gasteiger charge is -2.42. The lowest BCUT2D eigenvalue weighted by atomic mass is 10.0. The number of piperazine rings is 1. The number of rotatable bonds is 6. The molecule has 1 aliphatic rings. The molecule has 120 valence electrons. The molecule has 0 radical (unpaired) electrons. The molecule has 1 aromatic heterocycles. The summed E-state index contributed by atoms with van der Waals surface area (Å²) in [5.74, 6) is 0. The lowest BCUT2D eigenvalue weighted by Crippen LogP contribution is -2.55. The predicted molar refractivity (Wildman–Crippen MR) is 90.6 cm³/mol. The zero-order valence-corrected chi connectivity index (χ0v) is 15.2. The van der Waals surface area contributed by atoms with Crippen LogP contribution in [0.2, 0.25) is 0 Å². The average Bonchev–Trinajstić information content (AvgIpc) is 2.84. The largest absolute Gasteiger partial charge is 0.307 e. The molecule has 1 aromatic rings. The molecule has 0 saturated carbocycles. The van der Waals surface area contributed by atoms with E-state index in [9.17, 15) is 0 Å². The molecular formula is C15H28BrN5. The molecular weight excluding hydrogens is 330 g/mol. The average molecular weight is 358 g/mol. The van der Waals surface area contributed by atoms with Crippen molar-refractivity contribution in [3.8, 4) is 0 Å². The minimum atomic E-state index is 0.300. The third kappa shape index (κ3) is 3.86. The van der Waals surface area contributed by atoms with Crippen LogP contribution in [0.1, 0.15) is 32.0 Å². The Hall–Kier alpha value is -0.430. The van der Waals surface area contributed by atoms with Crippen LogP contribution in [-0.4, -0.2) is 65.9 Å². The summed E-state index contributed by atoms with van der Waals surface area (Å²) in [6.45, 7) is 9.63. The molecule has 1 aliphatic heterocycles. The highest BCUT2D eigenvalue weighted by atomic mass is 79.9. The Balaban J connectivity index is 2.30. The van der Waals surface area contributed by atoms with Crippen molar-refractivity contribution in [3.05, 3.63) is 16.4 Å². The van der Waals surface area contributed by atoms with Gasteiger partial charge in [0.25, 0.3) is 0 Å². The fourth-order valence-corrected chi connectivity index (χ4v) is 3.59. The van der Waals surface area contributed by atoms with Gasteiger partial charge in [-0.3, -0.25) is 9.58 Å². The van der Waals surface area contributed by atoms with Gasteiger partial charge in [-0.15, -0.1) is 0 Å². The second-order valence-corrected chi connectivity index (χ2v) is 6.79. The van der Waals surface area contributed by atoms with Crippen LogP contribution < -0.4 is 5.32 Å². The highest BCUT2D eigenvalue weighted by Crippen LogP contribution is 2.29. The SMILES string of the molecule is CCCNC(c1c(Br)cnn1CC)C1CN(C)CCN1C. The number of nitrogens with one attached hydrogen (secondary N) is 1. The summed E-state index contributed by atoms with van der Waals surface area (Å²) < 4.78 is 3.22. The van der Waals surface area contributed by atoms with E-state index in [-0.39, 0.29) is 0 Å². The van der Waals surface area contributed by atoms with Crippen molar-refractivity contribution < 1.29 is 0 Å². The smallest absolute Gasteiger partial charge is 0.0712 e. The number of halogens is 1. The number of hydrogen-bond acceptors (Lipinski definition) is 4. The second-order valence-electron chi connectivity index (χ2n) is 5.94. The van der Waals surface area contributed by atoms with Crippen molar-refractivity contribution in [1.29, 1.82) is 0 Å². The lowest BCUT2D eigenvalue weighted by molar-refractivity contribution is 0.0850. The van der Waals surface area contributed by atoms with Gasteiger partial charge in [0.05, 0.1) is 22.4 Å². The highest BCUT2D eigenvalue weighted by Gasteiger charge is 2.33. The zero-order valence-electron chi connectivity index (χ0n) is 13.6. The predicted octanol–water partition coefficient (Wildman–Crippen LogP) is 1.95. The van der Waals surface area contributed by atoms with Crippen molar-refractivity contribution in [2.24, 2.45) is 0 Å². The minimum absolute atomic E-state index is 0.300. The van der Waals surface area contributed by atoms with Crippen LogP contribution in [-0.2, 0) is 6.54 Å². The van der Waals surface area contributed by atoms with Gasteiger partial charge in [-0.1, -0.05) is 6.92 Å². The van der Waals surface area contributed by atoms with Crippen LogP contribution >= 0.6 is 15.9 Å². The van der Waals surface area contributed by atoms with E-state index >= 15 is 0 Å². The minimum Gasteiger partial charge on any atom is -0.307 e. The molecule has 0 aromatic carbocycles. The van der Waals surface area contributed by atoms with Gasteiger partial charge in [0, 0.05) is 32.2 Å². The van der Waals surface area contributed by atoms with Crippen LogP contribution in [0.15, 0.2) is 10.7 Å². The first kappa shape index (κ1) is 16.9. The Morgan fingerprint density at radius 2 is 2.14 bits per heavy atom. The van der Waals surface area contributed by atoms with E-state index in [1.165, 1.54) is 5.69 Å². The third-order valence-electron chi connectivity index (χ3n) is 4.33. The first-order valence-electron chi connectivity index (χ1n) is 7.91. The Labute approximate surface area is 136 Å².